The van der Waals surface area contributed by atoms with E-state index in [0.29, 0.717) is 0 Å². The van der Waals surface area contributed by atoms with Crippen molar-refractivity contribution in [1.82, 2.24) is 10.3 Å². The van der Waals surface area contributed by atoms with Gasteiger partial charge in [0.15, 0.2) is 0 Å². The maximum Gasteiger partial charge on any atom is 0.0964 e. The van der Waals surface area contributed by atoms with Crippen LogP contribution in [-0.4, -0.2) is 30.5 Å². The first-order valence-electron chi connectivity index (χ1n) is 3.31. The molecule has 0 aromatic heterocycles. The molecule has 1 rings (SSSR count). The maximum atomic E-state index is 10.0. The van der Waals surface area contributed by atoms with E-state index in [1.807, 2.05) is 0 Å². The number of nitrogens with zero attached hydrogens (tertiary/aromatic N) is 3. The van der Waals surface area contributed by atoms with Crippen LogP contribution in [0.3, 0.4) is 0 Å². The average molecular weight is 145 g/mol. The van der Waals surface area contributed by atoms with Gasteiger partial charge < -0.3 is 0 Å². The highest BCUT2D eigenvalue weighted by molar-refractivity contribution is 4.59. The Hall–Kier alpha value is -0.680. The minimum Gasteiger partial charge on any atom is -0.243 e. The van der Waals surface area contributed by atoms with E-state index in [1.165, 1.54) is 7.11 Å². The Kier molecular flexibility index (Phi) is 2.58. The third kappa shape index (κ3) is 1.43. The highest BCUT2D eigenvalue weighted by Gasteiger charge is 2.18. The molecule has 1 heterocycles. The molecule has 0 spiro atoms. The normalized spacial score (nSPS) is 19.3. The lowest BCUT2D eigenvalue weighted by Crippen LogP contribution is -2.35. The molecular weight excluding hydrogens is 134 g/mol. The Morgan fingerprint density at radius 2 is 2.10 bits per heavy atom. The third-order valence-corrected chi connectivity index (χ3v) is 1.56. The van der Waals surface area contributed by atoms with Crippen LogP contribution in [0, 0.1) is 4.91 Å². The molecule has 0 aromatic carbocycles. The quantitative estimate of drug-likeness (QED) is 0.429. The minimum absolute atomic E-state index is 0.861. The largest absolute Gasteiger partial charge is 0.243 e. The smallest absolute Gasteiger partial charge is 0.0964 e. The molecule has 5 heteroatoms. The summed E-state index contributed by atoms with van der Waals surface area (Å²) in [5.41, 5.74) is 0. The minimum atomic E-state index is 0.861. The Morgan fingerprint density at radius 1 is 1.50 bits per heavy atom. The summed E-state index contributed by atoms with van der Waals surface area (Å²) in [5.74, 6) is 0. The number of hydrogen-bond acceptors (Lipinski definition) is 4. The molecule has 1 aliphatic heterocycles. The number of hydrogen-bond donors (Lipinski definition) is 0. The molecule has 1 fully saturated rings. The van der Waals surface area contributed by atoms with Crippen LogP contribution in [0.15, 0.2) is 5.29 Å². The Balaban J connectivity index is 2.36. The standard InChI is InChI=1S/C5H11N3O2/c1-10-8(6-9)7-4-2-3-5-7/h2-5H2,1H3. The summed E-state index contributed by atoms with van der Waals surface area (Å²) in [6.07, 6.45) is 2.21. The number of nitroso groups, excluding NO2 is 1. The van der Waals surface area contributed by atoms with Crippen LogP contribution in [0.5, 0.6) is 0 Å². The highest BCUT2D eigenvalue weighted by atomic mass is 16.8. The topological polar surface area (TPSA) is 45.1 Å². The third-order valence-electron chi connectivity index (χ3n) is 1.56. The Bertz CT molecular complexity index is 113. The second kappa shape index (κ2) is 3.48. The molecule has 0 N–H and O–H groups in total. The van der Waals surface area contributed by atoms with Crippen LogP contribution in [-0.2, 0) is 4.84 Å². The molecule has 0 atom stereocenters. The van der Waals surface area contributed by atoms with Crippen molar-refractivity contribution in [2.45, 2.75) is 12.8 Å². The van der Waals surface area contributed by atoms with Crippen molar-refractivity contribution >= 4 is 0 Å². The summed E-state index contributed by atoms with van der Waals surface area (Å²) >= 11 is 0. The second-order valence-corrected chi connectivity index (χ2v) is 2.18. The zero-order valence-corrected chi connectivity index (χ0v) is 5.99. The summed E-state index contributed by atoms with van der Waals surface area (Å²) < 4.78 is 0. The van der Waals surface area contributed by atoms with Gasteiger partial charge in [-0.1, -0.05) is 5.28 Å². The van der Waals surface area contributed by atoms with Crippen molar-refractivity contribution in [3.8, 4) is 0 Å². The molecule has 0 unspecified atom stereocenters. The first-order valence-corrected chi connectivity index (χ1v) is 3.31. The fourth-order valence-electron chi connectivity index (χ4n) is 1.07. The van der Waals surface area contributed by atoms with Gasteiger partial charge in [-0.05, 0) is 12.8 Å². The molecule has 1 aliphatic rings. The SMILES string of the molecule is CON(N=O)N1CCCC1. The van der Waals surface area contributed by atoms with Crippen LogP contribution in [0.1, 0.15) is 12.8 Å². The van der Waals surface area contributed by atoms with Crippen LogP contribution < -0.4 is 0 Å². The summed E-state index contributed by atoms with van der Waals surface area (Å²) in [6.45, 7) is 1.72. The van der Waals surface area contributed by atoms with Gasteiger partial charge in [-0.25, -0.2) is 4.84 Å². The second-order valence-electron chi connectivity index (χ2n) is 2.18. The summed E-state index contributed by atoms with van der Waals surface area (Å²) in [6, 6.07) is 0. The van der Waals surface area contributed by atoms with Crippen molar-refractivity contribution in [1.29, 1.82) is 0 Å². The van der Waals surface area contributed by atoms with E-state index in [2.05, 4.69) is 10.1 Å². The summed E-state index contributed by atoms with van der Waals surface area (Å²) in [5, 5.41) is 5.44. The maximum absolute atomic E-state index is 10.0. The lowest BCUT2D eigenvalue weighted by molar-refractivity contribution is -0.262. The zero-order valence-electron chi connectivity index (χ0n) is 5.99. The van der Waals surface area contributed by atoms with E-state index in [9.17, 15) is 4.91 Å². The molecule has 0 radical (unpaired) electrons. The van der Waals surface area contributed by atoms with Crippen LogP contribution >= 0.6 is 0 Å². The van der Waals surface area contributed by atoms with E-state index in [-0.39, 0.29) is 0 Å². The van der Waals surface area contributed by atoms with Gasteiger partial charge in [-0.3, -0.25) is 0 Å². The van der Waals surface area contributed by atoms with Gasteiger partial charge >= 0.3 is 0 Å². The molecule has 0 saturated carbocycles. The number of rotatable bonds is 3. The van der Waals surface area contributed by atoms with Crippen molar-refractivity contribution in [3.63, 3.8) is 0 Å². The van der Waals surface area contributed by atoms with Crippen molar-refractivity contribution in [2.24, 2.45) is 5.29 Å². The molecular formula is C5H11N3O2. The van der Waals surface area contributed by atoms with Gasteiger partial charge in [-0.2, -0.15) is 5.01 Å². The summed E-state index contributed by atoms with van der Waals surface area (Å²) in [4.78, 5) is 14.7. The van der Waals surface area contributed by atoms with E-state index in [4.69, 9.17) is 0 Å². The predicted molar refractivity (Wildman–Crippen MR) is 35.4 cm³/mol. The van der Waals surface area contributed by atoms with Gasteiger partial charge in [0.2, 0.25) is 0 Å². The van der Waals surface area contributed by atoms with Crippen molar-refractivity contribution < 1.29 is 4.84 Å². The fraction of sp³-hybridized carbons (Fsp3) is 1.00. The van der Waals surface area contributed by atoms with Crippen LogP contribution in [0.4, 0.5) is 0 Å². The van der Waals surface area contributed by atoms with Crippen molar-refractivity contribution in [3.05, 3.63) is 4.91 Å². The molecule has 10 heavy (non-hydrogen) atoms. The van der Waals surface area contributed by atoms with E-state index >= 15 is 0 Å². The predicted octanol–water partition coefficient (Wildman–Crippen LogP) is 0.542. The molecule has 5 nitrogen and oxygen atoms in total. The molecule has 58 valence electrons. The molecule has 0 amide bonds. The van der Waals surface area contributed by atoms with Crippen LogP contribution in [0.25, 0.3) is 0 Å². The van der Waals surface area contributed by atoms with E-state index in [0.717, 1.165) is 31.2 Å². The zero-order chi connectivity index (χ0) is 7.40. The van der Waals surface area contributed by atoms with Gasteiger partial charge in [0.25, 0.3) is 0 Å². The first-order chi connectivity index (χ1) is 4.88. The molecule has 0 aliphatic carbocycles. The van der Waals surface area contributed by atoms with E-state index < -0.39 is 0 Å². The Labute approximate surface area is 59.4 Å². The van der Waals surface area contributed by atoms with E-state index in [1.54, 1.807) is 5.01 Å². The first kappa shape index (κ1) is 7.43. The molecule has 0 bridgehead atoms. The fourth-order valence-corrected chi connectivity index (χ4v) is 1.07. The lowest BCUT2D eigenvalue weighted by atomic mass is 10.4. The monoisotopic (exact) mass is 145 g/mol. The van der Waals surface area contributed by atoms with Gasteiger partial charge in [0.1, 0.15) is 0 Å². The average Bonchev–Trinajstić information content (AvgIpc) is 2.43. The highest BCUT2D eigenvalue weighted by Crippen LogP contribution is 2.10. The van der Waals surface area contributed by atoms with Gasteiger partial charge in [-0.15, -0.1) is 4.91 Å². The lowest BCUT2D eigenvalue weighted by Gasteiger charge is -2.21. The number of hydrazine groups is 1. The molecule has 1 saturated heterocycles. The van der Waals surface area contributed by atoms with Crippen LogP contribution in [0.2, 0.25) is 0 Å². The van der Waals surface area contributed by atoms with Gasteiger partial charge in [0, 0.05) is 13.1 Å². The summed E-state index contributed by atoms with van der Waals surface area (Å²) in [7, 11) is 1.43. The Morgan fingerprint density at radius 3 is 2.50 bits per heavy atom. The molecule has 0 aromatic rings. The van der Waals surface area contributed by atoms with Crippen molar-refractivity contribution in [2.75, 3.05) is 20.2 Å². The van der Waals surface area contributed by atoms with Gasteiger partial charge in [0.05, 0.1) is 12.4 Å².